The van der Waals surface area contributed by atoms with Gasteiger partial charge in [0.25, 0.3) is 5.91 Å². The molecule has 2 aliphatic rings. The maximum atomic E-state index is 12.9. The summed E-state index contributed by atoms with van der Waals surface area (Å²) >= 11 is 0. The van der Waals surface area contributed by atoms with E-state index in [1.165, 1.54) is 0 Å². The molecular formula is C23H30N4O3. The van der Waals surface area contributed by atoms with E-state index in [0.717, 1.165) is 37.2 Å². The quantitative estimate of drug-likeness (QED) is 0.822. The number of ether oxygens (including phenoxy) is 1. The number of rotatable bonds is 5. The highest BCUT2D eigenvalue weighted by molar-refractivity contribution is 5.79. The second kappa shape index (κ2) is 8.90. The van der Waals surface area contributed by atoms with E-state index in [2.05, 4.69) is 9.97 Å². The highest BCUT2D eigenvalue weighted by atomic mass is 16.5. The number of likely N-dealkylation sites (tertiary alicyclic amines) is 1. The predicted molar refractivity (Wildman–Crippen MR) is 113 cm³/mol. The van der Waals surface area contributed by atoms with Gasteiger partial charge < -0.3 is 19.5 Å². The lowest BCUT2D eigenvalue weighted by Gasteiger charge is -2.43. The van der Waals surface area contributed by atoms with Crippen LogP contribution in [0.3, 0.4) is 0 Å². The van der Waals surface area contributed by atoms with E-state index >= 15 is 0 Å². The first-order valence-corrected chi connectivity index (χ1v) is 10.8. The fourth-order valence-electron chi connectivity index (χ4n) is 4.58. The van der Waals surface area contributed by atoms with E-state index in [4.69, 9.17) is 4.74 Å². The van der Waals surface area contributed by atoms with Gasteiger partial charge in [-0.25, -0.2) is 4.98 Å². The van der Waals surface area contributed by atoms with Crippen molar-refractivity contribution in [2.45, 2.75) is 39.2 Å². The lowest BCUT2D eigenvalue weighted by Crippen LogP contribution is -2.48. The highest BCUT2D eigenvalue weighted by Crippen LogP contribution is 2.39. The van der Waals surface area contributed by atoms with Crippen LogP contribution < -0.4 is 4.74 Å². The van der Waals surface area contributed by atoms with Crippen molar-refractivity contribution >= 4 is 11.8 Å². The molecule has 1 saturated heterocycles. The molecule has 30 heavy (non-hydrogen) atoms. The number of para-hydroxylation sites is 1. The molecule has 160 valence electrons. The Morgan fingerprint density at radius 2 is 1.90 bits per heavy atom. The summed E-state index contributed by atoms with van der Waals surface area (Å²) in [7, 11) is 0. The third-order valence-corrected chi connectivity index (χ3v) is 6.19. The zero-order chi connectivity index (χ0) is 21.1. The summed E-state index contributed by atoms with van der Waals surface area (Å²) < 4.78 is 5.62. The number of fused-ring (bicyclic) bond motifs is 1. The monoisotopic (exact) mass is 410 g/mol. The number of aromatic amines is 1. The van der Waals surface area contributed by atoms with Crippen LogP contribution in [0.5, 0.6) is 5.75 Å². The Kier molecular flexibility index (Phi) is 6.06. The van der Waals surface area contributed by atoms with Gasteiger partial charge in [0.15, 0.2) is 6.61 Å². The molecule has 1 N–H and O–H groups in total. The van der Waals surface area contributed by atoms with Crippen LogP contribution in [0.4, 0.5) is 0 Å². The van der Waals surface area contributed by atoms with Gasteiger partial charge in [0.2, 0.25) is 5.91 Å². The Morgan fingerprint density at radius 1 is 1.17 bits per heavy atom. The summed E-state index contributed by atoms with van der Waals surface area (Å²) in [6, 6.07) is 9.40. The molecule has 0 saturated carbocycles. The van der Waals surface area contributed by atoms with Gasteiger partial charge in [-0.05, 0) is 30.9 Å². The van der Waals surface area contributed by atoms with Gasteiger partial charge in [-0.1, -0.05) is 32.0 Å². The van der Waals surface area contributed by atoms with Gasteiger partial charge in [-0.3, -0.25) is 9.59 Å². The van der Waals surface area contributed by atoms with Crippen molar-refractivity contribution in [1.82, 2.24) is 19.8 Å². The van der Waals surface area contributed by atoms with Crippen LogP contribution in [0.1, 0.15) is 44.1 Å². The van der Waals surface area contributed by atoms with E-state index in [1.54, 1.807) is 6.33 Å². The molecule has 2 amide bonds. The lowest BCUT2D eigenvalue weighted by molar-refractivity contribution is -0.141. The Morgan fingerprint density at radius 3 is 2.60 bits per heavy atom. The van der Waals surface area contributed by atoms with Crippen LogP contribution in [0, 0.1) is 11.8 Å². The van der Waals surface area contributed by atoms with Crippen molar-refractivity contribution in [1.29, 1.82) is 0 Å². The summed E-state index contributed by atoms with van der Waals surface area (Å²) in [5.74, 6) is 1.16. The molecule has 0 spiro atoms. The summed E-state index contributed by atoms with van der Waals surface area (Å²) in [4.78, 5) is 37.2. The van der Waals surface area contributed by atoms with Crippen LogP contribution >= 0.6 is 0 Å². The minimum atomic E-state index is -0.0372. The third-order valence-electron chi connectivity index (χ3n) is 6.19. The molecule has 0 aliphatic carbocycles. The van der Waals surface area contributed by atoms with Gasteiger partial charge in [0.05, 0.1) is 18.1 Å². The molecule has 1 fully saturated rings. The number of nitrogens with zero attached hydrogens (tertiary/aromatic N) is 3. The maximum absolute atomic E-state index is 12.9. The van der Waals surface area contributed by atoms with Crippen molar-refractivity contribution < 1.29 is 14.3 Å². The Labute approximate surface area is 177 Å². The molecule has 1 atom stereocenters. The fraction of sp³-hybridized carbons (Fsp3) is 0.522. The van der Waals surface area contributed by atoms with E-state index in [0.29, 0.717) is 24.8 Å². The van der Waals surface area contributed by atoms with Crippen molar-refractivity contribution in [2.75, 3.05) is 26.2 Å². The van der Waals surface area contributed by atoms with Crippen molar-refractivity contribution in [3.63, 3.8) is 0 Å². The topological polar surface area (TPSA) is 78.5 Å². The molecule has 2 aromatic rings. The molecule has 7 heteroatoms. The molecule has 1 aromatic carbocycles. The smallest absolute Gasteiger partial charge is 0.260 e. The predicted octanol–water partition coefficient (Wildman–Crippen LogP) is 2.81. The third kappa shape index (κ3) is 4.20. The number of H-pyrrole nitrogens is 1. The second-order valence-electron chi connectivity index (χ2n) is 8.47. The Hall–Kier alpha value is -2.83. The molecule has 2 aliphatic heterocycles. The lowest BCUT2D eigenvalue weighted by atomic mass is 9.83. The largest absolute Gasteiger partial charge is 0.484 e. The standard InChI is InChI=1S/C23H30N4O3/c1-16(2)23(29)27-13-10-19-21(25-15-24-19)22(27)17-8-11-26(12-9-17)20(28)14-30-18-6-4-3-5-7-18/h3-7,15-17,22H,8-14H2,1-2H3,(H,24,25). The second-order valence-corrected chi connectivity index (χ2v) is 8.47. The average molecular weight is 411 g/mol. The van der Waals surface area contributed by atoms with Crippen LogP contribution in [-0.4, -0.2) is 57.8 Å². The first-order chi connectivity index (χ1) is 14.5. The number of amides is 2. The summed E-state index contributed by atoms with van der Waals surface area (Å²) in [6.45, 7) is 6.05. The minimum Gasteiger partial charge on any atom is -0.484 e. The fourth-order valence-corrected chi connectivity index (χ4v) is 4.58. The number of nitrogens with one attached hydrogen (secondary N) is 1. The van der Waals surface area contributed by atoms with E-state index in [9.17, 15) is 9.59 Å². The number of carbonyl (C=O) groups excluding carboxylic acids is 2. The molecule has 0 radical (unpaired) electrons. The van der Waals surface area contributed by atoms with Gasteiger partial charge in [0, 0.05) is 37.7 Å². The number of piperidine rings is 1. The molecule has 0 bridgehead atoms. The molecule has 4 rings (SSSR count). The highest BCUT2D eigenvalue weighted by Gasteiger charge is 2.40. The minimum absolute atomic E-state index is 0.00674. The van der Waals surface area contributed by atoms with Crippen LogP contribution in [-0.2, 0) is 16.0 Å². The van der Waals surface area contributed by atoms with Gasteiger partial charge in [-0.2, -0.15) is 0 Å². The molecule has 1 unspecified atom stereocenters. The van der Waals surface area contributed by atoms with Crippen LogP contribution in [0.2, 0.25) is 0 Å². The van der Waals surface area contributed by atoms with Gasteiger partial charge >= 0.3 is 0 Å². The van der Waals surface area contributed by atoms with Crippen molar-refractivity contribution in [3.8, 4) is 5.75 Å². The summed E-state index contributed by atoms with van der Waals surface area (Å²) in [5, 5.41) is 0. The molecule has 7 nitrogen and oxygen atoms in total. The Balaban J connectivity index is 1.39. The average Bonchev–Trinajstić information content (AvgIpc) is 3.26. The zero-order valence-electron chi connectivity index (χ0n) is 17.7. The first-order valence-electron chi connectivity index (χ1n) is 10.8. The van der Waals surface area contributed by atoms with E-state index in [1.807, 2.05) is 54.0 Å². The first kappa shape index (κ1) is 20.4. The van der Waals surface area contributed by atoms with Crippen molar-refractivity contribution in [3.05, 3.63) is 48.0 Å². The number of benzene rings is 1. The molecular weight excluding hydrogens is 380 g/mol. The van der Waals surface area contributed by atoms with Gasteiger partial charge in [-0.15, -0.1) is 0 Å². The van der Waals surface area contributed by atoms with E-state index < -0.39 is 0 Å². The number of carbonyl (C=O) groups is 2. The van der Waals surface area contributed by atoms with Crippen molar-refractivity contribution in [2.24, 2.45) is 11.8 Å². The number of hydrogen-bond acceptors (Lipinski definition) is 4. The molecule has 1 aromatic heterocycles. The number of aromatic nitrogens is 2. The summed E-state index contributed by atoms with van der Waals surface area (Å²) in [6.07, 6.45) is 4.27. The maximum Gasteiger partial charge on any atom is 0.260 e. The van der Waals surface area contributed by atoms with E-state index in [-0.39, 0.29) is 30.4 Å². The SMILES string of the molecule is CC(C)C(=O)N1CCc2[nH]cnc2C1C1CCN(C(=O)COc2ccccc2)CC1. The number of hydrogen-bond donors (Lipinski definition) is 1. The van der Waals surface area contributed by atoms with Crippen LogP contribution in [0.25, 0.3) is 0 Å². The molecule has 3 heterocycles. The Bertz CT molecular complexity index is 872. The summed E-state index contributed by atoms with van der Waals surface area (Å²) in [5.41, 5.74) is 2.15. The van der Waals surface area contributed by atoms with Gasteiger partial charge in [0.1, 0.15) is 5.75 Å². The zero-order valence-corrected chi connectivity index (χ0v) is 17.7. The number of imidazole rings is 1. The normalized spacial score (nSPS) is 19.6. The van der Waals surface area contributed by atoms with Crippen LogP contribution in [0.15, 0.2) is 36.7 Å².